The van der Waals surface area contributed by atoms with Crippen molar-refractivity contribution in [2.45, 2.75) is 38.4 Å². The van der Waals surface area contributed by atoms with Crippen LogP contribution in [0.4, 0.5) is 4.39 Å². The van der Waals surface area contributed by atoms with Crippen molar-refractivity contribution in [1.82, 2.24) is 14.5 Å². The zero-order chi connectivity index (χ0) is 20.9. The molecule has 1 aliphatic carbocycles. The minimum atomic E-state index is -0.654. The van der Waals surface area contributed by atoms with E-state index in [1.54, 1.807) is 12.5 Å². The molecule has 5 nitrogen and oxygen atoms in total. The number of likely N-dealkylation sites (tertiary alicyclic amines) is 1. The van der Waals surface area contributed by atoms with Gasteiger partial charge in [-0.15, -0.1) is 0 Å². The minimum Gasteiger partial charge on any atom is -0.445 e. The molecule has 0 atom stereocenters. The number of halogens is 1. The molecule has 3 heterocycles. The third-order valence-corrected chi connectivity index (χ3v) is 6.88. The van der Waals surface area contributed by atoms with E-state index in [0.717, 1.165) is 65.7 Å². The van der Waals surface area contributed by atoms with E-state index in [1.807, 2.05) is 12.1 Å². The summed E-state index contributed by atoms with van der Waals surface area (Å²) in [6.07, 6.45) is 5.21. The highest BCUT2D eigenvalue weighted by molar-refractivity contribution is 6.15. The fourth-order valence-corrected chi connectivity index (χ4v) is 5.26. The van der Waals surface area contributed by atoms with Crippen molar-refractivity contribution in [1.29, 1.82) is 0 Å². The zero-order valence-electron chi connectivity index (χ0n) is 17.3. The summed E-state index contributed by atoms with van der Waals surface area (Å²) in [5.41, 5.74) is 5.27. The summed E-state index contributed by atoms with van der Waals surface area (Å²) < 4.78 is 21.4. The molecule has 0 saturated carbocycles. The van der Waals surface area contributed by atoms with Crippen molar-refractivity contribution < 1.29 is 13.6 Å². The Morgan fingerprint density at radius 1 is 1.06 bits per heavy atom. The fraction of sp³-hybridized carbons (Fsp3) is 0.360. The molecule has 0 N–H and O–H groups in total. The Morgan fingerprint density at radius 3 is 2.71 bits per heavy atom. The molecule has 0 unspecified atom stereocenters. The van der Waals surface area contributed by atoms with Crippen LogP contribution in [0.1, 0.15) is 35.2 Å². The summed E-state index contributed by atoms with van der Waals surface area (Å²) in [6.45, 7) is 3.36. The first-order chi connectivity index (χ1) is 15.2. The van der Waals surface area contributed by atoms with Crippen molar-refractivity contribution in [2.24, 2.45) is 0 Å². The summed E-state index contributed by atoms with van der Waals surface area (Å²) in [5, 5.41) is 2.31. The number of Topliss-reactive ketones (excluding diaryl/α,β-unsaturated/α-hetero) is 1. The van der Waals surface area contributed by atoms with Crippen LogP contribution >= 0.6 is 0 Å². The summed E-state index contributed by atoms with van der Waals surface area (Å²) >= 11 is 0. The van der Waals surface area contributed by atoms with Crippen molar-refractivity contribution >= 4 is 27.6 Å². The number of aromatic nitrogens is 2. The van der Waals surface area contributed by atoms with Crippen LogP contribution in [0.15, 0.2) is 47.2 Å². The zero-order valence-corrected chi connectivity index (χ0v) is 17.3. The summed E-state index contributed by atoms with van der Waals surface area (Å²) in [6, 6.07) is 10.4. The maximum absolute atomic E-state index is 13.5. The molecule has 0 amide bonds. The van der Waals surface area contributed by atoms with Gasteiger partial charge in [0.1, 0.15) is 12.4 Å². The van der Waals surface area contributed by atoms with Gasteiger partial charge in [-0.05, 0) is 55.2 Å². The molecular formula is C25H24FN3O2. The standard InChI is InChI=1S/C25H24FN3O2/c26-17-7-10-28(11-8-17)12-13-29-21-4-1-16(25-27-9-14-31-25)15-20(21)24-19-3-6-23(30)18(19)2-5-22(24)29/h1-2,4-5,9,14-15,17H,3,6-8,10-13H2. The van der Waals surface area contributed by atoms with E-state index in [0.29, 0.717) is 25.2 Å². The molecular weight excluding hydrogens is 393 g/mol. The molecule has 1 saturated heterocycles. The van der Waals surface area contributed by atoms with Crippen LogP contribution in [-0.4, -0.2) is 46.0 Å². The van der Waals surface area contributed by atoms with Gasteiger partial charge in [0, 0.05) is 65.5 Å². The van der Waals surface area contributed by atoms with E-state index < -0.39 is 6.17 Å². The summed E-state index contributed by atoms with van der Waals surface area (Å²) in [7, 11) is 0. The topological polar surface area (TPSA) is 51.3 Å². The van der Waals surface area contributed by atoms with Crippen molar-refractivity contribution in [3.8, 4) is 11.5 Å². The Bertz CT molecular complexity index is 1280. The molecule has 4 aromatic rings. The first kappa shape index (κ1) is 18.8. The highest BCUT2D eigenvalue weighted by Gasteiger charge is 2.25. The van der Waals surface area contributed by atoms with E-state index in [4.69, 9.17) is 4.42 Å². The lowest BCUT2D eigenvalue weighted by Crippen LogP contribution is -2.36. The van der Waals surface area contributed by atoms with E-state index in [2.05, 4.69) is 32.7 Å². The van der Waals surface area contributed by atoms with Crippen LogP contribution in [0, 0.1) is 0 Å². The number of rotatable bonds is 4. The smallest absolute Gasteiger partial charge is 0.225 e. The molecule has 31 heavy (non-hydrogen) atoms. The Hall–Kier alpha value is -2.99. The number of carbonyl (C=O) groups is 1. The number of oxazole rings is 1. The molecule has 0 bridgehead atoms. The largest absolute Gasteiger partial charge is 0.445 e. The van der Waals surface area contributed by atoms with Gasteiger partial charge in [-0.2, -0.15) is 0 Å². The Labute approximate surface area is 179 Å². The number of hydrogen-bond acceptors (Lipinski definition) is 4. The van der Waals surface area contributed by atoms with Crippen LogP contribution in [0.3, 0.4) is 0 Å². The SMILES string of the molecule is O=C1CCc2c1ccc1c2c2cc(-c3ncco3)ccc2n1CCN1CCC(F)CC1. The van der Waals surface area contributed by atoms with E-state index in [1.165, 1.54) is 5.39 Å². The van der Waals surface area contributed by atoms with Crippen LogP contribution in [0.2, 0.25) is 0 Å². The van der Waals surface area contributed by atoms with Crippen molar-refractivity contribution in [3.63, 3.8) is 0 Å². The fourth-order valence-electron chi connectivity index (χ4n) is 5.26. The average molecular weight is 417 g/mol. The Balaban J connectivity index is 1.48. The van der Waals surface area contributed by atoms with Crippen LogP contribution < -0.4 is 0 Å². The van der Waals surface area contributed by atoms with Gasteiger partial charge in [0.05, 0.1) is 6.20 Å². The molecule has 0 spiro atoms. The average Bonchev–Trinajstić information content (AvgIpc) is 3.51. The second-order valence-corrected chi connectivity index (χ2v) is 8.65. The maximum atomic E-state index is 13.5. The molecule has 6 rings (SSSR count). The van der Waals surface area contributed by atoms with Gasteiger partial charge in [-0.1, -0.05) is 0 Å². The number of benzene rings is 2. The van der Waals surface area contributed by atoms with Gasteiger partial charge in [0.15, 0.2) is 5.78 Å². The lowest BCUT2D eigenvalue weighted by Gasteiger charge is -2.28. The van der Waals surface area contributed by atoms with Gasteiger partial charge in [-0.25, -0.2) is 9.37 Å². The number of carbonyl (C=O) groups excluding carboxylic acids is 1. The predicted molar refractivity (Wildman–Crippen MR) is 118 cm³/mol. The lowest BCUT2D eigenvalue weighted by molar-refractivity contribution is 0.0994. The second kappa shape index (κ2) is 7.31. The van der Waals surface area contributed by atoms with Gasteiger partial charge in [0.25, 0.3) is 0 Å². The van der Waals surface area contributed by atoms with Gasteiger partial charge in [0.2, 0.25) is 5.89 Å². The Kier molecular flexibility index (Phi) is 4.42. The molecule has 1 fully saturated rings. The highest BCUT2D eigenvalue weighted by atomic mass is 19.1. The van der Waals surface area contributed by atoms with Gasteiger partial charge >= 0.3 is 0 Å². The molecule has 2 aromatic heterocycles. The van der Waals surface area contributed by atoms with Gasteiger partial charge in [-0.3, -0.25) is 4.79 Å². The molecule has 1 aliphatic heterocycles. The molecule has 0 radical (unpaired) electrons. The normalized spacial score (nSPS) is 17.8. The number of fused-ring (bicyclic) bond motifs is 5. The van der Waals surface area contributed by atoms with E-state index in [-0.39, 0.29) is 5.78 Å². The summed E-state index contributed by atoms with van der Waals surface area (Å²) in [5.74, 6) is 0.830. The van der Waals surface area contributed by atoms with Gasteiger partial charge < -0.3 is 13.9 Å². The van der Waals surface area contributed by atoms with Crippen LogP contribution in [0.25, 0.3) is 33.3 Å². The second-order valence-electron chi connectivity index (χ2n) is 8.65. The highest BCUT2D eigenvalue weighted by Crippen LogP contribution is 2.38. The molecule has 2 aliphatic rings. The maximum Gasteiger partial charge on any atom is 0.225 e. The Morgan fingerprint density at radius 2 is 1.90 bits per heavy atom. The number of aryl methyl sites for hydroxylation is 1. The molecule has 6 heteroatoms. The number of alkyl halides is 1. The number of piperidine rings is 1. The van der Waals surface area contributed by atoms with Crippen molar-refractivity contribution in [3.05, 3.63) is 53.9 Å². The third-order valence-electron chi connectivity index (χ3n) is 6.88. The minimum absolute atomic E-state index is 0.232. The van der Waals surface area contributed by atoms with E-state index in [9.17, 15) is 9.18 Å². The molecule has 2 aromatic carbocycles. The monoisotopic (exact) mass is 417 g/mol. The summed E-state index contributed by atoms with van der Waals surface area (Å²) in [4.78, 5) is 19.1. The predicted octanol–water partition coefficient (Wildman–Crippen LogP) is 5.01. The number of ketones is 1. The number of hydrogen-bond donors (Lipinski definition) is 0. The lowest BCUT2D eigenvalue weighted by atomic mass is 10.0. The van der Waals surface area contributed by atoms with Crippen molar-refractivity contribution in [2.75, 3.05) is 19.6 Å². The number of nitrogens with zero attached hydrogens (tertiary/aromatic N) is 3. The van der Waals surface area contributed by atoms with Crippen LogP contribution in [0.5, 0.6) is 0 Å². The molecule has 158 valence electrons. The first-order valence-corrected chi connectivity index (χ1v) is 11.1. The quantitative estimate of drug-likeness (QED) is 0.468. The first-order valence-electron chi connectivity index (χ1n) is 11.1. The van der Waals surface area contributed by atoms with Crippen LogP contribution in [-0.2, 0) is 13.0 Å². The third kappa shape index (κ3) is 3.08. The van der Waals surface area contributed by atoms with E-state index >= 15 is 0 Å².